The summed E-state index contributed by atoms with van der Waals surface area (Å²) in [4.78, 5) is 0.360. The molecule has 0 unspecified atom stereocenters. The number of hydrogen-bond donors (Lipinski definition) is 0. The molecule has 2 aromatic rings. The van der Waals surface area contributed by atoms with Gasteiger partial charge in [-0.15, -0.1) is 0 Å². The van der Waals surface area contributed by atoms with Crippen molar-refractivity contribution in [3.63, 3.8) is 0 Å². The summed E-state index contributed by atoms with van der Waals surface area (Å²) in [6, 6.07) is 14.4. The molecule has 0 aliphatic carbocycles. The number of sulfonamides is 1. The van der Waals surface area contributed by atoms with Crippen molar-refractivity contribution in [3.8, 4) is 0 Å². The zero-order valence-electron chi connectivity index (χ0n) is 11.3. The third kappa shape index (κ3) is 2.49. The Hall–Kier alpha value is -1.81. The van der Waals surface area contributed by atoms with Crippen molar-refractivity contribution in [1.29, 1.82) is 0 Å². The van der Waals surface area contributed by atoms with Crippen LogP contribution in [0.15, 0.2) is 53.4 Å². The Bertz CT molecular complexity index is 679. The predicted molar refractivity (Wildman–Crippen MR) is 77.9 cm³/mol. The van der Waals surface area contributed by atoms with Gasteiger partial charge in [-0.2, -0.15) is 0 Å². The maximum Gasteiger partial charge on any atom is 0.264 e. The predicted octanol–water partition coefficient (Wildman–Crippen LogP) is 3.13. The number of aryl methyl sites for hydroxylation is 1. The van der Waals surface area contributed by atoms with Gasteiger partial charge in [-0.25, -0.2) is 8.42 Å². The van der Waals surface area contributed by atoms with E-state index in [-0.39, 0.29) is 0 Å². The molecule has 3 nitrogen and oxygen atoms in total. The average Bonchev–Trinajstić information content (AvgIpc) is 2.41. The molecule has 2 aromatic carbocycles. The van der Waals surface area contributed by atoms with Crippen LogP contribution >= 0.6 is 0 Å². The van der Waals surface area contributed by atoms with E-state index in [9.17, 15) is 8.42 Å². The Morgan fingerprint density at radius 1 is 0.895 bits per heavy atom. The lowest BCUT2D eigenvalue weighted by Crippen LogP contribution is -2.27. The highest BCUT2D eigenvalue weighted by Crippen LogP contribution is 2.25. The van der Waals surface area contributed by atoms with Crippen molar-refractivity contribution in [2.24, 2.45) is 0 Å². The first-order valence-electron chi connectivity index (χ1n) is 6.05. The number of nitrogens with zero attached hydrogens (tertiary/aromatic N) is 1. The smallest absolute Gasteiger partial charge is 0.264 e. The molecule has 0 N–H and O–H groups in total. The summed E-state index contributed by atoms with van der Waals surface area (Å²) in [5.41, 5.74) is 2.43. The Labute approximate surface area is 114 Å². The lowest BCUT2D eigenvalue weighted by atomic mass is 10.1. The molecule has 0 radical (unpaired) electrons. The summed E-state index contributed by atoms with van der Waals surface area (Å²) in [6.07, 6.45) is 0. The van der Waals surface area contributed by atoms with Gasteiger partial charge in [-0.3, -0.25) is 4.31 Å². The van der Waals surface area contributed by atoms with Crippen LogP contribution in [0.3, 0.4) is 0 Å². The van der Waals surface area contributed by atoms with Gasteiger partial charge in [0.15, 0.2) is 0 Å². The first-order chi connectivity index (χ1) is 8.94. The lowest BCUT2D eigenvalue weighted by Gasteiger charge is -2.21. The molecule has 0 saturated carbocycles. The van der Waals surface area contributed by atoms with E-state index in [1.54, 1.807) is 31.3 Å². The zero-order valence-corrected chi connectivity index (χ0v) is 12.1. The molecule has 0 aliphatic heterocycles. The second-order valence-corrected chi connectivity index (χ2v) is 6.44. The first kappa shape index (κ1) is 13.6. The van der Waals surface area contributed by atoms with Crippen LogP contribution in [0.25, 0.3) is 0 Å². The molecule has 19 heavy (non-hydrogen) atoms. The van der Waals surface area contributed by atoms with E-state index >= 15 is 0 Å². The summed E-state index contributed by atoms with van der Waals surface area (Å²) in [7, 11) is -1.94. The van der Waals surface area contributed by atoms with E-state index in [0.717, 1.165) is 11.1 Å². The lowest BCUT2D eigenvalue weighted by molar-refractivity contribution is 0.593. The van der Waals surface area contributed by atoms with Crippen molar-refractivity contribution >= 4 is 15.7 Å². The fourth-order valence-electron chi connectivity index (χ4n) is 1.93. The number of hydrogen-bond acceptors (Lipinski definition) is 2. The molecule has 0 amide bonds. The minimum absolute atomic E-state index is 0.360. The minimum atomic E-state index is -3.51. The maximum atomic E-state index is 12.6. The van der Waals surface area contributed by atoms with E-state index < -0.39 is 10.0 Å². The standard InChI is InChI=1S/C15H17NO2S/c1-12-8-7-11-15(13(12)2)19(17,18)16(3)14-9-5-4-6-10-14/h4-11H,1-3H3. The van der Waals surface area contributed by atoms with Gasteiger partial charge in [-0.1, -0.05) is 30.3 Å². The first-order valence-corrected chi connectivity index (χ1v) is 7.49. The fourth-order valence-corrected chi connectivity index (χ4v) is 3.42. The van der Waals surface area contributed by atoms with Gasteiger partial charge in [0.2, 0.25) is 0 Å². The third-order valence-corrected chi connectivity index (χ3v) is 5.24. The maximum absolute atomic E-state index is 12.6. The largest absolute Gasteiger partial charge is 0.269 e. The van der Waals surface area contributed by atoms with E-state index in [1.165, 1.54) is 4.31 Å². The van der Waals surface area contributed by atoms with Gasteiger partial charge in [0.1, 0.15) is 0 Å². The molecule has 0 aliphatic rings. The molecule has 0 heterocycles. The Morgan fingerprint density at radius 3 is 2.16 bits per heavy atom. The van der Waals surface area contributed by atoms with E-state index in [0.29, 0.717) is 10.6 Å². The van der Waals surface area contributed by atoms with Crippen LogP contribution in [0.2, 0.25) is 0 Å². The number of para-hydroxylation sites is 1. The number of anilines is 1. The fraction of sp³-hybridized carbons (Fsp3) is 0.200. The van der Waals surface area contributed by atoms with Gasteiger partial charge in [0.25, 0.3) is 10.0 Å². The van der Waals surface area contributed by atoms with Gasteiger partial charge in [0.05, 0.1) is 10.6 Å². The Kier molecular flexibility index (Phi) is 3.62. The zero-order chi connectivity index (χ0) is 14.0. The second-order valence-electron chi connectivity index (χ2n) is 4.51. The highest BCUT2D eigenvalue weighted by atomic mass is 32.2. The molecule has 0 atom stereocenters. The van der Waals surface area contributed by atoms with E-state index in [2.05, 4.69) is 0 Å². The van der Waals surface area contributed by atoms with Crippen LogP contribution in [-0.4, -0.2) is 15.5 Å². The average molecular weight is 275 g/mol. The van der Waals surface area contributed by atoms with E-state index in [4.69, 9.17) is 0 Å². The second kappa shape index (κ2) is 5.05. The molecule has 100 valence electrons. The van der Waals surface area contributed by atoms with Gasteiger partial charge < -0.3 is 0 Å². The normalized spacial score (nSPS) is 11.3. The molecule has 2 rings (SSSR count). The van der Waals surface area contributed by atoms with Crippen LogP contribution in [0.4, 0.5) is 5.69 Å². The van der Waals surface area contributed by atoms with Gasteiger partial charge in [-0.05, 0) is 43.2 Å². The van der Waals surface area contributed by atoms with Crippen molar-refractivity contribution in [3.05, 3.63) is 59.7 Å². The quantitative estimate of drug-likeness (QED) is 0.863. The Balaban J connectivity index is 2.52. The number of rotatable bonds is 3. The molecular weight excluding hydrogens is 258 g/mol. The summed E-state index contributed by atoms with van der Waals surface area (Å²) in [5.74, 6) is 0. The summed E-state index contributed by atoms with van der Waals surface area (Å²) < 4.78 is 26.6. The van der Waals surface area contributed by atoms with Crippen LogP contribution in [-0.2, 0) is 10.0 Å². The molecule has 4 heteroatoms. The molecule has 0 spiro atoms. The van der Waals surface area contributed by atoms with Crippen molar-refractivity contribution in [2.75, 3.05) is 11.4 Å². The monoisotopic (exact) mass is 275 g/mol. The number of benzene rings is 2. The SMILES string of the molecule is Cc1cccc(S(=O)(=O)N(C)c2ccccc2)c1C. The molecule has 0 fully saturated rings. The van der Waals surface area contributed by atoms with Gasteiger partial charge in [0, 0.05) is 7.05 Å². The topological polar surface area (TPSA) is 37.4 Å². The molecule has 0 bridgehead atoms. The van der Waals surface area contributed by atoms with Crippen LogP contribution < -0.4 is 4.31 Å². The minimum Gasteiger partial charge on any atom is -0.269 e. The summed E-state index contributed by atoms with van der Waals surface area (Å²) >= 11 is 0. The summed E-state index contributed by atoms with van der Waals surface area (Å²) in [5, 5.41) is 0. The van der Waals surface area contributed by atoms with Crippen molar-refractivity contribution in [1.82, 2.24) is 0 Å². The Morgan fingerprint density at radius 2 is 1.53 bits per heavy atom. The van der Waals surface area contributed by atoms with E-state index in [1.807, 2.05) is 38.1 Å². The van der Waals surface area contributed by atoms with Crippen molar-refractivity contribution < 1.29 is 8.42 Å². The van der Waals surface area contributed by atoms with Crippen LogP contribution in [0.5, 0.6) is 0 Å². The van der Waals surface area contributed by atoms with Crippen LogP contribution in [0, 0.1) is 13.8 Å². The summed E-state index contributed by atoms with van der Waals surface area (Å²) in [6.45, 7) is 3.75. The molecule has 0 saturated heterocycles. The molecular formula is C15H17NO2S. The third-order valence-electron chi connectivity index (χ3n) is 3.31. The molecule has 0 aromatic heterocycles. The van der Waals surface area contributed by atoms with Crippen molar-refractivity contribution in [2.45, 2.75) is 18.7 Å². The van der Waals surface area contributed by atoms with Gasteiger partial charge >= 0.3 is 0 Å². The highest BCUT2D eigenvalue weighted by molar-refractivity contribution is 7.92. The highest BCUT2D eigenvalue weighted by Gasteiger charge is 2.23. The van der Waals surface area contributed by atoms with Crippen LogP contribution in [0.1, 0.15) is 11.1 Å².